The number of ether oxygens (including phenoxy) is 1. The molecule has 0 aromatic carbocycles. The number of carboxylic acid groups (broad SMARTS) is 2. The number of rotatable bonds is 9. The van der Waals surface area contributed by atoms with E-state index in [1.807, 2.05) is 13.8 Å². The Bertz CT molecular complexity index is 355. The van der Waals surface area contributed by atoms with Crippen LogP contribution in [-0.2, 0) is 19.1 Å². The molecule has 0 heterocycles. The first-order chi connectivity index (χ1) is 9.20. The van der Waals surface area contributed by atoms with E-state index in [1.54, 1.807) is 0 Å². The molecule has 0 aliphatic rings. The van der Waals surface area contributed by atoms with Gasteiger partial charge >= 0.3 is 11.9 Å². The average molecular weight is 289 g/mol. The first-order valence-electron chi connectivity index (χ1n) is 6.44. The number of hydrogen-bond donors (Lipinski definition) is 2. The lowest BCUT2D eigenvalue weighted by Gasteiger charge is -2.31. The Morgan fingerprint density at radius 3 is 2.00 bits per heavy atom. The number of aliphatic carboxylic acids is 2. The zero-order valence-electron chi connectivity index (χ0n) is 12.3. The maximum absolute atomic E-state index is 12.0. The van der Waals surface area contributed by atoms with E-state index in [0.717, 1.165) is 4.90 Å². The number of amides is 1. The van der Waals surface area contributed by atoms with E-state index < -0.39 is 29.8 Å². The van der Waals surface area contributed by atoms with Crippen LogP contribution in [0.15, 0.2) is 0 Å². The van der Waals surface area contributed by atoms with Gasteiger partial charge in [-0.15, -0.1) is 0 Å². The summed E-state index contributed by atoms with van der Waals surface area (Å²) in [6.07, 6.45) is 0.261. The SMILES string of the molecule is COCC(=O)N(CC(C)C(=O)O)C(CC(C)C)C(=O)O. The highest BCUT2D eigenvalue weighted by Gasteiger charge is 2.32. The molecule has 2 atom stereocenters. The smallest absolute Gasteiger partial charge is 0.326 e. The van der Waals surface area contributed by atoms with Gasteiger partial charge in [-0.1, -0.05) is 20.8 Å². The van der Waals surface area contributed by atoms with E-state index in [0.29, 0.717) is 0 Å². The Hall–Kier alpha value is -1.63. The molecular formula is C13H23NO6. The molecule has 0 radical (unpaired) electrons. The Morgan fingerprint density at radius 2 is 1.65 bits per heavy atom. The van der Waals surface area contributed by atoms with Crippen LogP contribution in [-0.4, -0.2) is 59.3 Å². The van der Waals surface area contributed by atoms with Crippen molar-refractivity contribution in [3.63, 3.8) is 0 Å². The van der Waals surface area contributed by atoms with Gasteiger partial charge in [0, 0.05) is 13.7 Å². The van der Waals surface area contributed by atoms with Crippen molar-refractivity contribution in [1.82, 2.24) is 4.90 Å². The summed E-state index contributed by atoms with van der Waals surface area (Å²) in [5.74, 6) is -3.51. The summed E-state index contributed by atoms with van der Waals surface area (Å²) in [4.78, 5) is 35.3. The molecule has 2 N–H and O–H groups in total. The Labute approximate surface area is 118 Å². The predicted octanol–water partition coefficient (Wildman–Crippen LogP) is 0.681. The Morgan fingerprint density at radius 1 is 1.10 bits per heavy atom. The van der Waals surface area contributed by atoms with E-state index in [2.05, 4.69) is 0 Å². The molecule has 0 saturated carbocycles. The second-order valence-corrected chi connectivity index (χ2v) is 5.20. The zero-order valence-corrected chi connectivity index (χ0v) is 12.3. The highest BCUT2D eigenvalue weighted by atomic mass is 16.5. The van der Waals surface area contributed by atoms with E-state index in [4.69, 9.17) is 9.84 Å². The van der Waals surface area contributed by atoms with Crippen LogP contribution in [0.2, 0.25) is 0 Å². The normalized spacial score (nSPS) is 13.8. The third-order valence-electron chi connectivity index (χ3n) is 2.84. The molecule has 0 aliphatic carbocycles. The van der Waals surface area contributed by atoms with E-state index >= 15 is 0 Å². The minimum absolute atomic E-state index is 0.0640. The minimum Gasteiger partial charge on any atom is -0.481 e. The highest BCUT2D eigenvalue weighted by molar-refractivity contribution is 5.85. The molecule has 0 spiro atoms. The van der Waals surface area contributed by atoms with Crippen molar-refractivity contribution in [2.45, 2.75) is 33.2 Å². The van der Waals surface area contributed by atoms with Gasteiger partial charge < -0.3 is 19.8 Å². The fourth-order valence-corrected chi connectivity index (χ4v) is 1.79. The van der Waals surface area contributed by atoms with Crippen molar-refractivity contribution in [2.24, 2.45) is 11.8 Å². The second-order valence-electron chi connectivity index (χ2n) is 5.20. The van der Waals surface area contributed by atoms with Gasteiger partial charge in [0.1, 0.15) is 12.6 Å². The lowest BCUT2D eigenvalue weighted by Crippen LogP contribution is -2.49. The molecule has 0 rings (SSSR count). The summed E-state index contributed by atoms with van der Waals surface area (Å²) in [6, 6.07) is -1.04. The van der Waals surface area contributed by atoms with Crippen LogP contribution < -0.4 is 0 Å². The molecule has 1 amide bonds. The molecule has 0 saturated heterocycles. The summed E-state index contributed by atoms with van der Waals surface area (Å²) in [7, 11) is 1.33. The number of carbonyl (C=O) groups is 3. The lowest BCUT2D eigenvalue weighted by atomic mass is 10.0. The van der Waals surface area contributed by atoms with Crippen molar-refractivity contribution in [3.8, 4) is 0 Å². The molecule has 2 unspecified atom stereocenters. The summed E-state index contributed by atoms with van der Waals surface area (Å²) in [5, 5.41) is 18.2. The van der Waals surface area contributed by atoms with Crippen LogP contribution in [0.1, 0.15) is 27.2 Å². The van der Waals surface area contributed by atoms with Gasteiger partial charge in [-0.25, -0.2) is 4.79 Å². The lowest BCUT2D eigenvalue weighted by molar-refractivity contribution is -0.155. The van der Waals surface area contributed by atoms with E-state index in [9.17, 15) is 19.5 Å². The van der Waals surface area contributed by atoms with Gasteiger partial charge in [-0.2, -0.15) is 0 Å². The van der Waals surface area contributed by atoms with Crippen LogP contribution >= 0.6 is 0 Å². The molecule has 7 nitrogen and oxygen atoms in total. The van der Waals surface area contributed by atoms with Crippen molar-refractivity contribution in [3.05, 3.63) is 0 Å². The summed E-state index contributed by atoms with van der Waals surface area (Å²) in [5.41, 5.74) is 0. The molecule has 0 fully saturated rings. The van der Waals surface area contributed by atoms with E-state index in [1.165, 1.54) is 14.0 Å². The van der Waals surface area contributed by atoms with Gasteiger partial charge in [-0.3, -0.25) is 9.59 Å². The number of carboxylic acids is 2. The fourth-order valence-electron chi connectivity index (χ4n) is 1.79. The summed E-state index contributed by atoms with van der Waals surface area (Å²) in [6.45, 7) is 4.70. The van der Waals surface area contributed by atoms with Crippen LogP contribution in [0.5, 0.6) is 0 Å². The molecule has 0 aromatic heterocycles. The van der Waals surface area contributed by atoms with Gasteiger partial charge in [0.15, 0.2) is 0 Å². The van der Waals surface area contributed by atoms with Crippen LogP contribution in [0.4, 0.5) is 0 Å². The van der Waals surface area contributed by atoms with Crippen LogP contribution in [0.25, 0.3) is 0 Å². The Balaban J connectivity index is 5.18. The number of hydrogen-bond acceptors (Lipinski definition) is 4. The zero-order chi connectivity index (χ0) is 15.9. The summed E-state index contributed by atoms with van der Waals surface area (Å²) >= 11 is 0. The quantitative estimate of drug-likeness (QED) is 0.647. The van der Waals surface area contributed by atoms with Gasteiger partial charge in [0.25, 0.3) is 0 Å². The molecular weight excluding hydrogens is 266 g/mol. The van der Waals surface area contributed by atoms with Crippen molar-refractivity contribution < 1.29 is 29.3 Å². The predicted molar refractivity (Wildman–Crippen MR) is 71.3 cm³/mol. The van der Waals surface area contributed by atoms with E-state index in [-0.39, 0.29) is 25.5 Å². The third-order valence-corrected chi connectivity index (χ3v) is 2.84. The third kappa shape index (κ3) is 6.01. The minimum atomic E-state index is -1.14. The Kier molecular flexibility index (Phi) is 7.83. The first-order valence-corrected chi connectivity index (χ1v) is 6.44. The standard InChI is InChI=1S/C13H23NO6/c1-8(2)5-10(13(18)19)14(11(15)7-20-4)6-9(3)12(16)17/h8-10H,5-7H2,1-4H3,(H,16,17)(H,18,19). The van der Waals surface area contributed by atoms with Crippen LogP contribution in [0.3, 0.4) is 0 Å². The summed E-state index contributed by atoms with van der Waals surface area (Å²) < 4.78 is 4.73. The monoisotopic (exact) mass is 289 g/mol. The van der Waals surface area contributed by atoms with Gasteiger partial charge in [-0.05, 0) is 12.3 Å². The maximum Gasteiger partial charge on any atom is 0.326 e. The number of carbonyl (C=O) groups excluding carboxylic acids is 1. The highest BCUT2D eigenvalue weighted by Crippen LogP contribution is 2.15. The molecule has 0 aromatic rings. The molecule has 20 heavy (non-hydrogen) atoms. The van der Waals surface area contributed by atoms with Gasteiger partial charge in [0.05, 0.1) is 5.92 Å². The fraction of sp³-hybridized carbons (Fsp3) is 0.769. The van der Waals surface area contributed by atoms with Crippen molar-refractivity contribution >= 4 is 17.8 Å². The topological polar surface area (TPSA) is 104 Å². The number of methoxy groups -OCH3 is 1. The van der Waals surface area contributed by atoms with Crippen molar-refractivity contribution in [2.75, 3.05) is 20.3 Å². The number of nitrogens with zero attached hydrogens (tertiary/aromatic N) is 1. The molecule has 0 aliphatic heterocycles. The first kappa shape index (κ1) is 18.4. The molecule has 7 heteroatoms. The average Bonchev–Trinajstić information content (AvgIpc) is 2.32. The largest absolute Gasteiger partial charge is 0.481 e. The molecule has 116 valence electrons. The maximum atomic E-state index is 12.0. The van der Waals surface area contributed by atoms with Crippen molar-refractivity contribution in [1.29, 1.82) is 0 Å². The van der Waals surface area contributed by atoms with Crippen LogP contribution in [0, 0.1) is 11.8 Å². The van der Waals surface area contributed by atoms with Gasteiger partial charge in [0.2, 0.25) is 5.91 Å². The second kappa shape index (κ2) is 8.52. The molecule has 0 bridgehead atoms.